The van der Waals surface area contributed by atoms with Crippen molar-refractivity contribution < 1.29 is 23.1 Å². The smallest absolute Gasteiger partial charge is 0.376 e. The summed E-state index contributed by atoms with van der Waals surface area (Å²) in [4.78, 5) is 15.6. The first-order chi connectivity index (χ1) is 8.67. The summed E-state index contributed by atoms with van der Waals surface area (Å²) in [5.41, 5.74) is 0.806. The van der Waals surface area contributed by atoms with E-state index in [4.69, 9.17) is 25.2 Å². The largest absolute Gasteiger partial charge is 0.463 e. The zero-order valence-corrected chi connectivity index (χ0v) is 10.5. The van der Waals surface area contributed by atoms with Crippen molar-refractivity contribution in [3.8, 4) is 11.5 Å². The first-order valence-corrected chi connectivity index (χ1v) is 5.35. The van der Waals surface area contributed by atoms with Gasteiger partial charge in [0.2, 0.25) is 16.9 Å². The van der Waals surface area contributed by atoms with E-state index >= 15 is 0 Å². The van der Waals surface area contributed by atoms with Gasteiger partial charge in [-0.1, -0.05) is 0 Å². The summed E-state index contributed by atoms with van der Waals surface area (Å²) in [6.07, 6.45) is 1.40. The van der Waals surface area contributed by atoms with Crippen LogP contribution in [0.25, 0.3) is 11.5 Å². The van der Waals surface area contributed by atoms with Gasteiger partial charge in [-0.25, -0.2) is 9.78 Å². The summed E-state index contributed by atoms with van der Waals surface area (Å²) in [5.74, 6) is -0.451. The summed E-state index contributed by atoms with van der Waals surface area (Å²) in [5, 5.41) is 0.136. The molecule has 0 radical (unpaired) electrons. The fourth-order valence-corrected chi connectivity index (χ4v) is 1.60. The van der Waals surface area contributed by atoms with E-state index < -0.39 is 5.97 Å². The number of halogens is 1. The zero-order chi connectivity index (χ0) is 13.1. The number of nitrogens with zero attached hydrogens (tertiary/aromatic N) is 1. The Morgan fingerprint density at radius 3 is 2.83 bits per heavy atom. The van der Waals surface area contributed by atoms with E-state index in [9.17, 15) is 4.79 Å². The van der Waals surface area contributed by atoms with Crippen LogP contribution in [0.4, 0.5) is 0 Å². The van der Waals surface area contributed by atoms with Crippen LogP contribution in [-0.2, 0) is 16.1 Å². The lowest BCUT2D eigenvalue weighted by Crippen LogP contribution is -2.04. The third kappa shape index (κ3) is 2.25. The lowest BCUT2D eigenvalue weighted by Gasteiger charge is -1.96. The summed E-state index contributed by atoms with van der Waals surface area (Å²) < 4.78 is 19.8. The van der Waals surface area contributed by atoms with Crippen molar-refractivity contribution in [2.75, 3.05) is 14.2 Å². The minimum absolute atomic E-state index is 0.00776. The molecule has 2 heterocycles. The second kappa shape index (κ2) is 5.24. The minimum atomic E-state index is -0.625. The van der Waals surface area contributed by atoms with Gasteiger partial charge in [-0.2, -0.15) is 0 Å². The van der Waals surface area contributed by atoms with Gasteiger partial charge in [-0.15, -0.1) is 0 Å². The molecule has 0 aliphatic heterocycles. The first-order valence-electron chi connectivity index (χ1n) is 4.97. The molecule has 0 unspecified atom stereocenters. The van der Waals surface area contributed by atoms with Crippen molar-refractivity contribution in [1.82, 2.24) is 4.98 Å². The maximum atomic E-state index is 11.5. The van der Waals surface area contributed by atoms with Gasteiger partial charge in [0.25, 0.3) is 0 Å². The molecule has 0 aliphatic carbocycles. The molecule has 0 amide bonds. The summed E-state index contributed by atoms with van der Waals surface area (Å²) in [6.45, 7) is 0.128. The van der Waals surface area contributed by atoms with Crippen molar-refractivity contribution in [3.63, 3.8) is 0 Å². The monoisotopic (exact) mass is 271 g/mol. The lowest BCUT2D eigenvalue weighted by molar-refractivity contribution is 0.0559. The topological polar surface area (TPSA) is 74.7 Å². The molecule has 2 aromatic rings. The molecule has 6 nitrogen and oxygen atoms in total. The van der Waals surface area contributed by atoms with Gasteiger partial charge in [-0.05, 0) is 17.7 Å². The number of hydrogen-bond donors (Lipinski definition) is 0. The Kier molecular flexibility index (Phi) is 3.69. The van der Waals surface area contributed by atoms with Gasteiger partial charge < -0.3 is 18.3 Å². The Hall–Kier alpha value is -1.79. The Balaban J connectivity index is 2.45. The lowest BCUT2D eigenvalue weighted by atomic mass is 10.3. The number of oxazole rings is 1. The van der Waals surface area contributed by atoms with Crippen LogP contribution >= 0.6 is 11.6 Å². The maximum absolute atomic E-state index is 11.5. The SMILES string of the molecule is COCc1nc(-c2ccoc2Cl)oc1C(=O)OC. The normalized spacial score (nSPS) is 10.6. The van der Waals surface area contributed by atoms with Gasteiger partial charge in [0.15, 0.2) is 0 Å². The third-order valence-corrected chi connectivity index (χ3v) is 2.49. The van der Waals surface area contributed by atoms with Crippen LogP contribution in [0.1, 0.15) is 16.2 Å². The minimum Gasteiger partial charge on any atom is -0.463 e. The van der Waals surface area contributed by atoms with Crippen molar-refractivity contribution in [1.29, 1.82) is 0 Å². The fraction of sp³-hybridized carbons (Fsp3) is 0.273. The Morgan fingerprint density at radius 1 is 1.50 bits per heavy atom. The van der Waals surface area contributed by atoms with Crippen LogP contribution in [0, 0.1) is 0 Å². The molecule has 0 saturated carbocycles. The number of carbonyl (C=O) groups excluding carboxylic acids is 1. The molecule has 0 bridgehead atoms. The molecule has 7 heteroatoms. The number of hydrogen-bond acceptors (Lipinski definition) is 6. The van der Waals surface area contributed by atoms with Crippen molar-refractivity contribution in [2.45, 2.75) is 6.61 Å². The molecule has 0 saturated heterocycles. The fourth-order valence-electron chi connectivity index (χ4n) is 1.40. The van der Waals surface area contributed by atoms with Gasteiger partial charge >= 0.3 is 5.97 Å². The van der Waals surface area contributed by atoms with Crippen LogP contribution in [0.5, 0.6) is 0 Å². The molecule has 2 aromatic heterocycles. The molecule has 0 N–H and O–H groups in total. The molecule has 0 aromatic carbocycles. The van der Waals surface area contributed by atoms with E-state index in [0.717, 1.165) is 0 Å². The number of carbonyl (C=O) groups is 1. The van der Waals surface area contributed by atoms with E-state index in [2.05, 4.69) is 9.72 Å². The third-order valence-electron chi connectivity index (χ3n) is 2.20. The molecule has 0 aliphatic rings. The molecule has 18 heavy (non-hydrogen) atoms. The molecule has 0 atom stereocenters. The van der Waals surface area contributed by atoms with Gasteiger partial charge in [-0.3, -0.25) is 0 Å². The van der Waals surface area contributed by atoms with Gasteiger partial charge in [0.1, 0.15) is 5.69 Å². The highest BCUT2D eigenvalue weighted by Gasteiger charge is 2.23. The Labute approximate surface area is 107 Å². The predicted molar refractivity (Wildman–Crippen MR) is 61.3 cm³/mol. The van der Waals surface area contributed by atoms with E-state index in [1.165, 1.54) is 20.5 Å². The van der Waals surface area contributed by atoms with Crippen LogP contribution in [-0.4, -0.2) is 25.2 Å². The van der Waals surface area contributed by atoms with Crippen LogP contribution in [0.3, 0.4) is 0 Å². The number of furan rings is 1. The predicted octanol–water partition coefficient (Wildman–Crippen LogP) is 2.52. The molecular weight excluding hydrogens is 262 g/mol. The van der Waals surface area contributed by atoms with E-state index in [1.54, 1.807) is 6.07 Å². The van der Waals surface area contributed by atoms with E-state index in [1.807, 2.05) is 0 Å². The zero-order valence-electron chi connectivity index (χ0n) is 9.73. The second-order valence-corrected chi connectivity index (χ2v) is 3.67. The molecular formula is C11H10ClNO5. The second-order valence-electron chi connectivity index (χ2n) is 3.33. The summed E-state index contributed by atoms with van der Waals surface area (Å²) in [6, 6.07) is 1.59. The molecule has 0 fully saturated rings. The van der Waals surface area contributed by atoms with E-state index in [-0.39, 0.29) is 23.5 Å². The van der Waals surface area contributed by atoms with Crippen molar-refractivity contribution in [3.05, 3.63) is 29.0 Å². The van der Waals surface area contributed by atoms with Gasteiger partial charge in [0.05, 0.1) is 25.5 Å². The van der Waals surface area contributed by atoms with Crippen LogP contribution < -0.4 is 0 Å². The number of aromatic nitrogens is 1. The summed E-state index contributed by atoms with van der Waals surface area (Å²) in [7, 11) is 2.74. The highest BCUT2D eigenvalue weighted by atomic mass is 35.5. The Bertz CT molecular complexity index is 560. The maximum Gasteiger partial charge on any atom is 0.376 e. The first kappa shape index (κ1) is 12.7. The average molecular weight is 272 g/mol. The number of methoxy groups -OCH3 is 2. The molecule has 96 valence electrons. The number of rotatable bonds is 4. The van der Waals surface area contributed by atoms with Crippen molar-refractivity contribution >= 4 is 17.6 Å². The van der Waals surface area contributed by atoms with Crippen molar-refractivity contribution in [2.24, 2.45) is 0 Å². The van der Waals surface area contributed by atoms with Gasteiger partial charge in [0, 0.05) is 7.11 Å². The molecule has 0 spiro atoms. The van der Waals surface area contributed by atoms with Crippen LogP contribution in [0.15, 0.2) is 21.2 Å². The highest BCUT2D eigenvalue weighted by molar-refractivity contribution is 6.31. The van der Waals surface area contributed by atoms with Crippen LogP contribution in [0.2, 0.25) is 5.22 Å². The number of esters is 1. The van der Waals surface area contributed by atoms with E-state index in [0.29, 0.717) is 11.3 Å². The standard InChI is InChI=1S/C11H10ClNO5/c1-15-5-7-8(11(14)16-2)18-10(13-7)6-3-4-17-9(6)12/h3-4H,5H2,1-2H3. The number of ether oxygens (including phenoxy) is 2. The highest BCUT2D eigenvalue weighted by Crippen LogP contribution is 2.30. The Morgan fingerprint density at radius 2 is 2.28 bits per heavy atom. The molecule has 2 rings (SSSR count). The quantitative estimate of drug-likeness (QED) is 0.796. The summed E-state index contributed by atoms with van der Waals surface area (Å²) >= 11 is 5.81. The average Bonchev–Trinajstić information content (AvgIpc) is 2.95.